The summed E-state index contributed by atoms with van der Waals surface area (Å²) >= 11 is 1.46. The summed E-state index contributed by atoms with van der Waals surface area (Å²) < 4.78 is 0. The summed E-state index contributed by atoms with van der Waals surface area (Å²) in [5.74, 6) is 0.855. The van der Waals surface area contributed by atoms with Crippen LogP contribution >= 0.6 is 11.3 Å². The molecule has 0 saturated carbocycles. The van der Waals surface area contributed by atoms with Gasteiger partial charge in [-0.05, 0) is 19.1 Å². The third kappa shape index (κ3) is 2.06. The first-order valence-electron chi connectivity index (χ1n) is 4.00. The van der Waals surface area contributed by atoms with Crippen molar-refractivity contribution in [2.24, 2.45) is 0 Å². The van der Waals surface area contributed by atoms with E-state index in [1.807, 2.05) is 17.5 Å². The van der Waals surface area contributed by atoms with Crippen molar-refractivity contribution in [2.45, 2.75) is 6.92 Å². The van der Waals surface area contributed by atoms with Gasteiger partial charge in [-0.3, -0.25) is 0 Å². The molecule has 0 bridgehead atoms. The van der Waals surface area contributed by atoms with Gasteiger partial charge in [0.2, 0.25) is 0 Å². The summed E-state index contributed by atoms with van der Waals surface area (Å²) in [4.78, 5) is 4.02. The second-order valence-corrected chi connectivity index (χ2v) is 3.47. The van der Waals surface area contributed by atoms with Gasteiger partial charge in [-0.15, -0.1) is 11.3 Å². The van der Waals surface area contributed by atoms with Crippen LogP contribution in [0.25, 0.3) is 0 Å². The highest BCUT2D eigenvalue weighted by atomic mass is 32.1. The lowest BCUT2D eigenvalue weighted by Crippen LogP contribution is -1.89. The van der Waals surface area contributed by atoms with E-state index in [0.29, 0.717) is 0 Å². The number of benzene rings is 1. The van der Waals surface area contributed by atoms with Crippen LogP contribution in [0.4, 0.5) is 11.5 Å². The van der Waals surface area contributed by atoms with Crippen LogP contribution < -0.4 is 5.32 Å². The van der Waals surface area contributed by atoms with Crippen molar-refractivity contribution in [3.05, 3.63) is 40.7 Å². The maximum atomic E-state index is 4.02. The second kappa shape index (κ2) is 3.58. The van der Waals surface area contributed by atoms with E-state index < -0.39 is 0 Å². The van der Waals surface area contributed by atoms with E-state index >= 15 is 0 Å². The number of nitrogens with one attached hydrogen (secondary N) is 1. The lowest BCUT2D eigenvalue weighted by Gasteiger charge is -2.01. The molecule has 2 aromatic rings. The third-order valence-electron chi connectivity index (χ3n) is 1.71. The van der Waals surface area contributed by atoms with Gasteiger partial charge in [0.25, 0.3) is 0 Å². The fourth-order valence-electron chi connectivity index (χ4n) is 1.03. The van der Waals surface area contributed by atoms with Crippen LogP contribution in [0, 0.1) is 12.4 Å². The van der Waals surface area contributed by atoms with Crippen molar-refractivity contribution in [1.82, 2.24) is 4.98 Å². The van der Waals surface area contributed by atoms with Crippen molar-refractivity contribution < 1.29 is 0 Å². The van der Waals surface area contributed by atoms with E-state index in [-0.39, 0.29) is 0 Å². The average molecular weight is 189 g/mol. The zero-order valence-corrected chi connectivity index (χ0v) is 8.06. The van der Waals surface area contributed by atoms with Crippen LogP contribution in [-0.4, -0.2) is 4.98 Å². The van der Waals surface area contributed by atoms with E-state index in [9.17, 15) is 0 Å². The van der Waals surface area contributed by atoms with Gasteiger partial charge in [-0.2, -0.15) is 0 Å². The molecule has 0 unspecified atom stereocenters. The van der Waals surface area contributed by atoms with Gasteiger partial charge >= 0.3 is 0 Å². The molecule has 1 heterocycles. The number of aryl methyl sites for hydroxylation is 1. The van der Waals surface area contributed by atoms with Gasteiger partial charge in [0.15, 0.2) is 5.51 Å². The van der Waals surface area contributed by atoms with Gasteiger partial charge in [0.1, 0.15) is 5.82 Å². The summed E-state index contributed by atoms with van der Waals surface area (Å²) in [6, 6.07) is 8.21. The highest BCUT2D eigenvalue weighted by Gasteiger charge is 1.94. The molecule has 3 heteroatoms. The van der Waals surface area contributed by atoms with Crippen LogP contribution in [0.3, 0.4) is 0 Å². The molecular weight excluding hydrogens is 180 g/mol. The summed E-state index contributed by atoms with van der Waals surface area (Å²) in [6.45, 7) is 2.07. The molecule has 1 aromatic carbocycles. The van der Waals surface area contributed by atoms with Crippen LogP contribution in [0.15, 0.2) is 29.6 Å². The Kier molecular flexibility index (Phi) is 2.27. The Morgan fingerprint density at radius 3 is 2.69 bits per heavy atom. The topological polar surface area (TPSA) is 24.9 Å². The van der Waals surface area contributed by atoms with Crippen molar-refractivity contribution in [3.63, 3.8) is 0 Å². The van der Waals surface area contributed by atoms with Gasteiger partial charge in [-0.1, -0.05) is 17.7 Å². The van der Waals surface area contributed by atoms with E-state index in [0.717, 1.165) is 11.5 Å². The monoisotopic (exact) mass is 189 g/mol. The molecule has 1 aromatic heterocycles. The van der Waals surface area contributed by atoms with Crippen LogP contribution in [0.2, 0.25) is 0 Å². The molecule has 0 amide bonds. The summed E-state index contributed by atoms with van der Waals surface area (Å²) in [5, 5.41) is 5.11. The molecule has 0 aliphatic rings. The average Bonchev–Trinajstić information content (AvgIpc) is 2.62. The summed E-state index contributed by atoms with van der Waals surface area (Å²) in [5.41, 5.74) is 5.11. The molecule has 0 atom stereocenters. The van der Waals surface area contributed by atoms with E-state index in [4.69, 9.17) is 0 Å². The quantitative estimate of drug-likeness (QED) is 0.785. The highest BCUT2D eigenvalue weighted by molar-refractivity contribution is 7.07. The highest BCUT2D eigenvalue weighted by Crippen LogP contribution is 2.15. The molecule has 0 aliphatic heterocycles. The molecule has 2 rings (SSSR count). The Balaban J connectivity index is 2.15. The van der Waals surface area contributed by atoms with Crippen molar-refractivity contribution in [3.8, 4) is 0 Å². The minimum absolute atomic E-state index is 0.855. The lowest BCUT2D eigenvalue weighted by atomic mass is 10.2. The number of hydrogen-bond donors (Lipinski definition) is 1. The standard InChI is InChI=1S/C10H9N2S/c1-8-2-4-9(5-3-8)12-10-6-13-7-11-10/h2-6,12H,1H3. The Bertz CT molecular complexity index is 364. The van der Waals surface area contributed by atoms with E-state index in [2.05, 4.69) is 34.9 Å². The molecule has 1 radical (unpaired) electrons. The third-order valence-corrected chi connectivity index (χ3v) is 2.25. The summed E-state index contributed by atoms with van der Waals surface area (Å²) in [7, 11) is 0. The lowest BCUT2D eigenvalue weighted by molar-refractivity contribution is 1.36. The molecule has 1 N–H and O–H groups in total. The maximum Gasteiger partial charge on any atom is 0.154 e. The minimum atomic E-state index is 0.855. The van der Waals surface area contributed by atoms with E-state index in [1.54, 1.807) is 0 Å². The zero-order valence-electron chi connectivity index (χ0n) is 7.24. The van der Waals surface area contributed by atoms with Gasteiger partial charge in [-0.25, -0.2) is 4.98 Å². The zero-order chi connectivity index (χ0) is 9.10. The molecule has 0 spiro atoms. The van der Waals surface area contributed by atoms with Crippen molar-refractivity contribution >= 4 is 22.8 Å². The number of thiazole rings is 1. The number of hydrogen-bond acceptors (Lipinski definition) is 3. The predicted molar refractivity (Wildman–Crippen MR) is 55.4 cm³/mol. The first-order valence-corrected chi connectivity index (χ1v) is 4.88. The Hall–Kier alpha value is -1.35. The number of nitrogens with zero attached hydrogens (tertiary/aromatic N) is 1. The smallest absolute Gasteiger partial charge is 0.154 e. The van der Waals surface area contributed by atoms with Gasteiger partial charge in [0.05, 0.1) is 0 Å². The Morgan fingerprint density at radius 2 is 2.08 bits per heavy atom. The molecule has 0 aliphatic carbocycles. The maximum absolute atomic E-state index is 4.02. The van der Waals surface area contributed by atoms with Crippen molar-refractivity contribution in [2.75, 3.05) is 5.32 Å². The minimum Gasteiger partial charge on any atom is -0.340 e. The van der Waals surface area contributed by atoms with Crippen LogP contribution in [-0.2, 0) is 0 Å². The van der Waals surface area contributed by atoms with E-state index in [1.165, 1.54) is 16.9 Å². The number of anilines is 2. The fraction of sp³-hybridized carbons (Fsp3) is 0.100. The molecule has 0 fully saturated rings. The molecular formula is C10H9N2S. The molecule has 65 valence electrons. The second-order valence-electron chi connectivity index (χ2n) is 2.82. The Morgan fingerprint density at radius 1 is 1.31 bits per heavy atom. The van der Waals surface area contributed by atoms with Crippen molar-refractivity contribution in [1.29, 1.82) is 0 Å². The van der Waals surface area contributed by atoms with Crippen LogP contribution in [0.1, 0.15) is 5.56 Å². The fourth-order valence-corrected chi connectivity index (χ4v) is 1.45. The molecule has 13 heavy (non-hydrogen) atoms. The largest absolute Gasteiger partial charge is 0.340 e. The van der Waals surface area contributed by atoms with Gasteiger partial charge in [0, 0.05) is 11.1 Å². The number of rotatable bonds is 2. The first kappa shape index (κ1) is 8.26. The first-order chi connectivity index (χ1) is 6.34. The predicted octanol–water partition coefficient (Wildman–Crippen LogP) is 3.00. The normalized spacial score (nSPS) is 9.92. The van der Waals surface area contributed by atoms with Gasteiger partial charge < -0.3 is 5.32 Å². The SMILES string of the molecule is Cc1ccc(Nc2cs[c]n2)cc1. The summed E-state index contributed by atoms with van der Waals surface area (Å²) in [6.07, 6.45) is 0. The molecule has 0 saturated heterocycles. The molecule has 2 nitrogen and oxygen atoms in total. The van der Waals surface area contributed by atoms with Crippen LogP contribution in [0.5, 0.6) is 0 Å². The Labute approximate surface area is 81.3 Å². The number of aromatic nitrogens is 1.